The highest BCUT2D eigenvalue weighted by Gasteiger charge is 2.23. The molecule has 2 aromatic rings. The number of methoxy groups -OCH3 is 2. The van der Waals surface area contributed by atoms with Crippen molar-refractivity contribution in [3.8, 4) is 17.4 Å². The SMILES string of the molecule is CCC(CC)Nc1cc(C)nc(Oc2ccc(Br)cc2OC)c1C(=O)OC. The lowest BCUT2D eigenvalue weighted by molar-refractivity contribution is 0.0598. The van der Waals surface area contributed by atoms with Crippen molar-refractivity contribution in [2.45, 2.75) is 39.7 Å². The van der Waals surface area contributed by atoms with Gasteiger partial charge in [0.1, 0.15) is 5.56 Å². The van der Waals surface area contributed by atoms with Crippen molar-refractivity contribution in [1.82, 2.24) is 4.98 Å². The number of carbonyl (C=O) groups is 1. The van der Waals surface area contributed by atoms with E-state index in [2.05, 4.69) is 40.1 Å². The summed E-state index contributed by atoms with van der Waals surface area (Å²) in [5.74, 6) is 0.647. The van der Waals surface area contributed by atoms with E-state index in [1.54, 1.807) is 19.2 Å². The summed E-state index contributed by atoms with van der Waals surface area (Å²) in [5, 5.41) is 3.41. The Kier molecular flexibility index (Phi) is 7.47. The van der Waals surface area contributed by atoms with Gasteiger partial charge in [0.15, 0.2) is 11.5 Å². The van der Waals surface area contributed by atoms with Crippen molar-refractivity contribution in [3.05, 3.63) is 40.0 Å². The van der Waals surface area contributed by atoms with Gasteiger partial charge < -0.3 is 19.5 Å². The Balaban J connectivity index is 2.54. The number of ether oxygens (including phenoxy) is 3. The predicted octanol–water partition coefficient (Wildman–Crippen LogP) is 5.34. The maximum atomic E-state index is 12.5. The molecule has 0 spiro atoms. The second-order valence-corrected chi connectivity index (χ2v) is 6.95. The van der Waals surface area contributed by atoms with Gasteiger partial charge >= 0.3 is 5.97 Å². The fourth-order valence-corrected chi connectivity index (χ4v) is 3.01. The van der Waals surface area contributed by atoms with Crippen LogP contribution in [-0.2, 0) is 4.74 Å². The number of nitrogens with one attached hydrogen (secondary N) is 1. The average molecular weight is 437 g/mol. The van der Waals surface area contributed by atoms with Crippen LogP contribution in [0, 0.1) is 6.92 Å². The molecule has 1 aromatic carbocycles. The summed E-state index contributed by atoms with van der Waals surface area (Å²) in [6.45, 7) is 6.04. The largest absolute Gasteiger partial charge is 0.493 e. The monoisotopic (exact) mass is 436 g/mol. The molecule has 27 heavy (non-hydrogen) atoms. The molecule has 0 saturated heterocycles. The van der Waals surface area contributed by atoms with Gasteiger partial charge in [-0.1, -0.05) is 29.8 Å². The van der Waals surface area contributed by atoms with Crippen LogP contribution in [0.5, 0.6) is 17.4 Å². The molecule has 1 heterocycles. The Labute approximate surface area is 168 Å². The average Bonchev–Trinajstić information content (AvgIpc) is 2.66. The van der Waals surface area contributed by atoms with E-state index in [-0.39, 0.29) is 17.5 Å². The quantitative estimate of drug-likeness (QED) is 0.563. The summed E-state index contributed by atoms with van der Waals surface area (Å²) < 4.78 is 17.2. The number of benzene rings is 1. The van der Waals surface area contributed by atoms with E-state index in [4.69, 9.17) is 14.2 Å². The van der Waals surface area contributed by atoms with Crippen LogP contribution in [0.1, 0.15) is 42.7 Å². The minimum Gasteiger partial charge on any atom is -0.493 e. The van der Waals surface area contributed by atoms with Gasteiger partial charge in [-0.15, -0.1) is 0 Å². The van der Waals surface area contributed by atoms with Crippen molar-refractivity contribution in [3.63, 3.8) is 0 Å². The van der Waals surface area contributed by atoms with Gasteiger partial charge in [-0.25, -0.2) is 9.78 Å². The third kappa shape index (κ3) is 5.13. The molecule has 0 amide bonds. The first-order valence-corrected chi connectivity index (χ1v) is 9.60. The molecule has 1 N–H and O–H groups in total. The fraction of sp³-hybridized carbons (Fsp3) is 0.400. The lowest BCUT2D eigenvalue weighted by Gasteiger charge is -2.20. The minimum atomic E-state index is -0.512. The highest BCUT2D eigenvalue weighted by atomic mass is 79.9. The standard InChI is InChI=1S/C20H25BrN2O4/c1-6-14(7-2)23-15-10-12(3)22-19(18(15)20(24)26-5)27-16-9-8-13(21)11-17(16)25-4/h8-11,14H,6-7H2,1-5H3,(H,22,23). The molecule has 1 aromatic heterocycles. The fourth-order valence-electron chi connectivity index (χ4n) is 2.67. The molecular formula is C20H25BrN2O4. The van der Waals surface area contributed by atoms with E-state index < -0.39 is 5.97 Å². The molecule has 2 rings (SSSR count). The lowest BCUT2D eigenvalue weighted by atomic mass is 10.1. The number of carbonyl (C=O) groups excluding carboxylic acids is 1. The van der Waals surface area contributed by atoms with Gasteiger partial charge in [0.25, 0.3) is 0 Å². The van der Waals surface area contributed by atoms with Crippen LogP contribution in [0.2, 0.25) is 0 Å². The smallest absolute Gasteiger partial charge is 0.345 e. The molecule has 0 radical (unpaired) electrons. The van der Waals surface area contributed by atoms with Crippen molar-refractivity contribution in [2.24, 2.45) is 0 Å². The third-order valence-corrected chi connectivity index (χ3v) is 4.67. The number of aromatic nitrogens is 1. The van der Waals surface area contributed by atoms with E-state index in [0.29, 0.717) is 17.2 Å². The van der Waals surface area contributed by atoms with Crippen molar-refractivity contribution in [1.29, 1.82) is 0 Å². The highest BCUT2D eigenvalue weighted by Crippen LogP contribution is 2.37. The molecule has 0 aliphatic carbocycles. The second kappa shape index (κ2) is 9.60. The Morgan fingerprint density at radius 1 is 1.19 bits per heavy atom. The number of esters is 1. The molecule has 0 unspecified atom stereocenters. The number of nitrogens with zero attached hydrogens (tertiary/aromatic N) is 1. The number of anilines is 1. The maximum absolute atomic E-state index is 12.5. The molecule has 0 saturated carbocycles. The van der Waals surface area contributed by atoms with Gasteiger partial charge in [0, 0.05) is 16.2 Å². The minimum absolute atomic E-state index is 0.177. The zero-order valence-corrected chi connectivity index (χ0v) is 17.8. The van der Waals surface area contributed by atoms with Crippen LogP contribution in [0.4, 0.5) is 5.69 Å². The Hall–Kier alpha value is -2.28. The molecular weight excluding hydrogens is 412 g/mol. The van der Waals surface area contributed by atoms with Gasteiger partial charge in [0.2, 0.25) is 5.88 Å². The second-order valence-electron chi connectivity index (χ2n) is 6.04. The topological polar surface area (TPSA) is 69.7 Å². The third-order valence-electron chi connectivity index (χ3n) is 4.18. The molecule has 6 nitrogen and oxygen atoms in total. The van der Waals surface area contributed by atoms with Crippen molar-refractivity contribution >= 4 is 27.6 Å². The van der Waals surface area contributed by atoms with Crippen LogP contribution in [0.25, 0.3) is 0 Å². The van der Waals surface area contributed by atoms with Crippen LogP contribution in [0.15, 0.2) is 28.7 Å². The molecule has 0 fully saturated rings. The van der Waals surface area contributed by atoms with Crippen LogP contribution in [0.3, 0.4) is 0 Å². The number of hydrogen-bond donors (Lipinski definition) is 1. The van der Waals surface area contributed by atoms with Crippen LogP contribution in [-0.4, -0.2) is 31.2 Å². The zero-order chi connectivity index (χ0) is 20.0. The van der Waals surface area contributed by atoms with E-state index >= 15 is 0 Å². The van der Waals surface area contributed by atoms with Gasteiger partial charge in [-0.05, 0) is 44.0 Å². The van der Waals surface area contributed by atoms with E-state index in [1.807, 2.05) is 19.1 Å². The van der Waals surface area contributed by atoms with E-state index in [9.17, 15) is 4.79 Å². The Morgan fingerprint density at radius 3 is 2.48 bits per heavy atom. The summed E-state index contributed by atoms with van der Waals surface area (Å²) in [4.78, 5) is 16.9. The summed E-state index contributed by atoms with van der Waals surface area (Å²) in [7, 11) is 2.90. The highest BCUT2D eigenvalue weighted by molar-refractivity contribution is 9.10. The number of rotatable bonds is 8. The zero-order valence-electron chi connectivity index (χ0n) is 16.3. The summed E-state index contributed by atoms with van der Waals surface area (Å²) in [6, 6.07) is 7.42. The molecule has 0 aliphatic heterocycles. The molecule has 0 bridgehead atoms. The van der Waals surface area contributed by atoms with Crippen molar-refractivity contribution in [2.75, 3.05) is 19.5 Å². The van der Waals surface area contributed by atoms with Gasteiger partial charge in [0.05, 0.1) is 19.9 Å². The lowest BCUT2D eigenvalue weighted by Crippen LogP contribution is -2.20. The predicted molar refractivity (Wildman–Crippen MR) is 109 cm³/mol. The summed E-state index contributed by atoms with van der Waals surface area (Å²) >= 11 is 3.40. The summed E-state index contributed by atoms with van der Waals surface area (Å²) in [5.41, 5.74) is 1.64. The molecule has 0 atom stereocenters. The molecule has 7 heteroatoms. The number of pyridine rings is 1. The maximum Gasteiger partial charge on any atom is 0.345 e. The number of hydrogen-bond acceptors (Lipinski definition) is 6. The van der Waals surface area contributed by atoms with Crippen LogP contribution >= 0.6 is 15.9 Å². The van der Waals surface area contributed by atoms with Crippen molar-refractivity contribution < 1.29 is 19.0 Å². The first-order chi connectivity index (χ1) is 12.9. The van der Waals surface area contributed by atoms with Gasteiger partial charge in [-0.2, -0.15) is 0 Å². The Morgan fingerprint density at radius 2 is 1.89 bits per heavy atom. The molecule has 146 valence electrons. The Bertz CT molecular complexity index is 807. The molecule has 0 aliphatic rings. The normalized spacial score (nSPS) is 10.6. The number of aryl methyl sites for hydroxylation is 1. The van der Waals surface area contributed by atoms with E-state index in [1.165, 1.54) is 7.11 Å². The van der Waals surface area contributed by atoms with Gasteiger partial charge in [-0.3, -0.25) is 0 Å². The number of halogens is 1. The van der Waals surface area contributed by atoms with E-state index in [0.717, 1.165) is 23.0 Å². The first kappa shape index (κ1) is 21.0. The summed E-state index contributed by atoms with van der Waals surface area (Å²) in [6.07, 6.45) is 1.85. The first-order valence-electron chi connectivity index (χ1n) is 8.81. The van der Waals surface area contributed by atoms with Crippen LogP contribution < -0.4 is 14.8 Å².